The maximum Gasteiger partial charge on any atom is 0.362 e. The normalized spacial score (nSPS) is 13.6. The molecule has 0 radical (unpaired) electrons. The second kappa shape index (κ2) is 41.5. The number of carboxylic acid groups (broad SMARTS) is 1. The van der Waals surface area contributed by atoms with Gasteiger partial charge in [0, 0.05) is 19.3 Å². The topological polar surface area (TPSA) is 99.1 Å². The van der Waals surface area contributed by atoms with Crippen LogP contribution in [0.3, 0.4) is 0 Å². The van der Waals surface area contributed by atoms with Gasteiger partial charge in [-0.15, -0.1) is 0 Å². The van der Waals surface area contributed by atoms with Gasteiger partial charge in [-0.2, -0.15) is 0 Å². The molecule has 0 saturated carbocycles. The highest BCUT2D eigenvalue weighted by molar-refractivity contribution is 5.72. The van der Waals surface area contributed by atoms with E-state index in [1.807, 2.05) is 21.1 Å². The summed E-state index contributed by atoms with van der Waals surface area (Å²) in [6.07, 6.45) is 52.3. The quantitative estimate of drug-likeness (QED) is 0.0284. The summed E-state index contributed by atoms with van der Waals surface area (Å²) in [5.41, 5.74) is 0. The molecule has 0 amide bonds. The van der Waals surface area contributed by atoms with E-state index in [9.17, 15) is 19.5 Å². The number of nitrogens with zero attached hydrogens (tertiary/aromatic N) is 1. The van der Waals surface area contributed by atoms with E-state index in [-0.39, 0.29) is 42.7 Å². The van der Waals surface area contributed by atoms with E-state index >= 15 is 0 Å². The molecule has 0 aromatic rings. The number of rotatable bonds is 41. The Morgan fingerprint density at radius 2 is 0.949 bits per heavy atom. The van der Waals surface area contributed by atoms with Crippen molar-refractivity contribution in [2.75, 3.05) is 41.0 Å². The molecule has 8 heteroatoms. The molecule has 0 saturated heterocycles. The largest absolute Gasteiger partial charge is 0.477 e. The number of unbranched alkanes of at least 4 members (excludes halogenated alkanes) is 15. The lowest BCUT2D eigenvalue weighted by molar-refractivity contribution is -0.887. The molecule has 59 heavy (non-hydrogen) atoms. The number of quaternary nitrogens is 1. The van der Waals surface area contributed by atoms with E-state index in [2.05, 4.69) is 86.8 Å². The Hall–Kier alpha value is -3.23. The molecule has 0 bridgehead atoms. The molecule has 0 spiro atoms. The first kappa shape index (κ1) is 55.8. The van der Waals surface area contributed by atoms with Crippen LogP contribution in [0, 0.1) is 0 Å². The van der Waals surface area contributed by atoms with Crippen LogP contribution in [0.25, 0.3) is 0 Å². The Bertz CT molecular complexity index is 1190. The summed E-state index contributed by atoms with van der Waals surface area (Å²) < 4.78 is 17.3. The Labute approximate surface area is 361 Å². The smallest absolute Gasteiger partial charge is 0.362 e. The number of aliphatic carboxylic acids is 1. The lowest BCUT2D eigenvalue weighted by Gasteiger charge is -2.31. The van der Waals surface area contributed by atoms with Gasteiger partial charge in [0.1, 0.15) is 6.61 Å². The molecule has 2 atom stereocenters. The lowest BCUT2D eigenvalue weighted by atomic mass is 10.0. The van der Waals surface area contributed by atoms with Crippen LogP contribution in [-0.2, 0) is 28.6 Å². The molecule has 1 N–H and O–H groups in total. The van der Waals surface area contributed by atoms with E-state index in [0.717, 1.165) is 70.6 Å². The summed E-state index contributed by atoms with van der Waals surface area (Å²) in [5.74, 6) is -1.53. The van der Waals surface area contributed by atoms with Crippen LogP contribution in [0.15, 0.2) is 72.9 Å². The predicted molar refractivity (Wildman–Crippen MR) is 247 cm³/mol. The van der Waals surface area contributed by atoms with Crippen LogP contribution in [0.5, 0.6) is 0 Å². The molecule has 338 valence electrons. The van der Waals surface area contributed by atoms with E-state index in [1.54, 1.807) is 0 Å². The number of likely N-dealkylation sites (N-methyl/N-ethyl adjacent to an activating group) is 1. The molecule has 0 rings (SSSR count). The molecule has 0 aromatic heterocycles. The fourth-order valence-electron chi connectivity index (χ4n) is 6.51. The third-order valence-corrected chi connectivity index (χ3v) is 10.1. The van der Waals surface area contributed by atoms with Crippen molar-refractivity contribution in [1.29, 1.82) is 0 Å². The molecule has 0 aromatic carbocycles. The lowest BCUT2D eigenvalue weighted by Crippen LogP contribution is -2.50. The third-order valence-electron chi connectivity index (χ3n) is 10.1. The van der Waals surface area contributed by atoms with Crippen molar-refractivity contribution in [2.45, 2.75) is 193 Å². The number of hydrogen-bond acceptors (Lipinski definition) is 6. The van der Waals surface area contributed by atoms with Crippen molar-refractivity contribution < 1.29 is 38.2 Å². The molecule has 0 fully saturated rings. The third kappa shape index (κ3) is 40.0. The number of carbonyl (C=O) groups is 3. The molecular weight excluding hydrogens is 739 g/mol. The average molecular weight is 827 g/mol. The first-order chi connectivity index (χ1) is 28.6. The van der Waals surface area contributed by atoms with Gasteiger partial charge in [0.05, 0.1) is 34.4 Å². The zero-order chi connectivity index (χ0) is 43.5. The number of ether oxygens (including phenoxy) is 3. The summed E-state index contributed by atoms with van der Waals surface area (Å²) in [6, 6.07) is -0.625. The highest BCUT2D eigenvalue weighted by Crippen LogP contribution is 2.14. The highest BCUT2D eigenvalue weighted by atomic mass is 16.6. The maximum absolute atomic E-state index is 12.7. The van der Waals surface area contributed by atoms with Crippen LogP contribution < -0.4 is 0 Å². The van der Waals surface area contributed by atoms with Crippen molar-refractivity contribution in [3.8, 4) is 0 Å². The van der Waals surface area contributed by atoms with Crippen molar-refractivity contribution in [3.63, 3.8) is 0 Å². The van der Waals surface area contributed by atoms with Crippen molar-refractivity contribution >= 4 is 17.9 Å². The maximum atomic E-state index is 12.7. The summed E-state index contributed by atoms with van der Waals surface area (Å²) in [4.78, 5) is 37.0. The Morgan fingerprint density at radius 1 is 0.525 bits per heavy atom. The number of allylic oxidation sites excluding steroid dienone is 12. The molecule has 0 aliphatic rings. The first-order valence-electron chi connectivity index (χ1n) is 23.5. The Balaban J connectivity index is 4.41. The fourth-order valence-corrected chi connectivity index (χ4v) is 6.51. The zero-order valence-electron chi connectivity index (χ0n) is 38.4. The first-order valence-corrected chi connectivity index (χ1v) is 23.5. The number of hydrogen-bond donors (Lipinski definition) is 1. The molecule has 0 aliphatic heterocycles. The molecule has 2 unspecified atom stereocenters. The monoisotopic (exact) mass is 827 g/mol. The van der Waals surface area contributed by atoms with Gasteiger partial charge in [-0.3, -0.25) is 9.59 Å². The Morgan fingerprint density at radius 3 is 1.41 bits per heavy atom. The number of carboxylic acids is 1. The van der Waals surface area contributed by atoms with Crippen LogP contribution in [0.2, 0.25) is 0 Å². The minimum atomic E-state index is -0.884. The van der Waals surface area contributed by atoms with Gasteiger partial charge >= 0.3 is 17.9 Å². The van der Waals surface area contributed by atoms with Crippen LogP contribution >= 0.6 is 0 Å². The van der Waals surface area contributed by atoms with Crippen molar-refractivity contribution in [3.05, 3.63) is 72.9 Å². The fraction of sp³-hybridized carbons (Fsp3) is 0.706. The van der Waals surface area contributed by atoms with Gasteiger partial charge in [0.15, 0.2) is 12.1 Å². The van der Waals surface area contributed by atoms with Gasteiger partial charge in [-0.05, 0) is 64.2 Å². The average Bonchev–Trinajstić information content (AvgIpc) is 3.19. The highest BCUT2D eigenvalue weighted by Gasteiger charge is 2.31. The molecule has 0 aliphatic carbocycles. The summed E-state index contributed by atoms with van der Waals surface area (Å²) in [5, 5.41) is 9.63. The minimum Gasteiger partial charge on any atom is -0.477 e. The predicted octanol–water partition coefficient (Wildman–Crippen LogP) is 13.1. The van der Waals surface area contributed by atoms with Crippen LogP contribution in [0.1, 0.15) is 181 Å². The van der Waals surface area contributed by atoms with Crippen LogP contribution in [0.4, 0.5) is 0 Å². The zero-order valence-corrected chi connectivity index (χ0v) is 38.4. The second-order valence-electron chi connectivity index (χ2n) is 16.6. The summed E-state index contributed by atoms with van der Waals surface area (Å²) in [7, 11) is 5.51. The standard InChI is InChI=1S/C51H87NO7/c1-6-8-10-12-14-16-18-20-22-23-24-25-26-27-28-30-32-34-36-38-40-42-50(54)59-47(45-57-44-43-48(51(55)56)52(3,4)5)46-58-49(53)41-39-37-35-33-31-29-21-19-17-15-13-11-9-7-2/h8,10,14,16,20,22,24-25,27-28,32,34,47-48H,6-7,9,11-13,15,17-19,21,23,26,29-31,33,35-46H2,1-5H3/p+1/b10-8+,16-14+,22-20+,25-24+,28-27+,34-32+. The van der Waals surface area contributed by atoms with Crippen molar-refractivity contribution in [1.82, 2.24) is 0 Å². The van der Waals surface area contributed by atoms with E-state index in [1.165, 1.54) is 70.6 Å². The number of esters is 2. The molecular formula is C51H88NO7+. The molecule has 0 heterocycles. The van der Waals surface area contributed by atoms with E-state index < -0.39 is 18.1 Å². The van der Waals surface area contributed by atoms with E-state index in [0.29, 0.717) is 19.3 Å². The van der Waals surface area contributed by atoms with Crippen molar-refractivity contribution in [2.24, 2.45) is 0 Å². The van der Waals surface area contributed by atoms with Gasteiger partial charge in [0.2, 0.25) is 0 Å². The number of carbonyl (C=O) groups excluding carboxylic acids is 2. The minimum absolute atomic E-state index is 0.0416. The SMILES string of the molecule is CC/C=C/C/C=C/C/C=C/C/C=C/C/C=C/C/C=C/CCCCC(=O)OC(COCCC(C(=O)O)[N+](C)(C)C)COC(=O)CCCCCCCCCCCCCCCC. The molecule has 8 nitrogen and oxygen atoms in total. The van der Waals surface area contributed by atoms with Crippen LogP contribution in [-0.4, -0.2) is 80.6 Å². The second-order valence-corrected chi connectivity index (χ2v) is 16.6. The summed E-state index contributed by atoms with van der Waals surface area (Å²) >= 11 is 0. The van der Waals surface area contributed by atoms with Gasteiger partial charge in [0.25, 0.3) is 0 Å². The van der Waals surface area contributed by atoms with E-state index in [4.69, 9.17) is 14.2 Å². The van der Waals surface area contributed by atoms with Gasteiger partial charge in [-0.1, -0.05) is 170 Å². The van der Waals surface area contributed by atoms with Gasteiger partial charge in [-0.25, -0.2) is 4.79 Å². The van der Waals surface area contributed by atoms with Gasteiger partial charge < -0.3 is 23.8 Å². The summed E-state index contributed by atoms with van der Waals surface area (Å²) in [6.45, 7) is 4.57. The Kier molecular flexibility index (Phi) is 39.2.